The Labute approximate surface area is 270 Å². The molecule has 5 atom stereocenters. The third kappa shape index (κ3) is 12.5. The van der Waals surface area contributed by atoms with Gasteiger partial charge in [0.25, 0.3) is 0 Å². The van der Waals surface area contributed by atoms with Crippen molar-refractivity contribution in [3.8, 4) is 0 Å². The Morgan fingerprint density at radius 3 is 2.07 bits per heavy atom. The smallest absolute Gasteiger partial charge is 0.243 e. The second kappa shape index (κ2) is 18.7. The summed E-state index contributed by atoms with van der Waals surface area (Å²) in [5.41, 5.74) is 29.4. The average Bonchev–Trinajstić information content (AvgIpc) is 3.24. The van der Waals surface area contributed by atoms with Crippen LogP contribution in [-0.4, -0.2) is 96.2 Å². The molecular weight excluding hydrogens is 598 g/mol. The molecule has 0 saturated heterocycles. The molecule has 2 unspecified atom stereocenters. The number of guanidine groups is 1. The molecule has 0 radical (unpaired) electrons. The quantitative estimate of drug-likeness (QED) is 0.0345. The van der Waals surface area contributed by atoms with Crippen LogP contribution in [0.5, 0.6) is 0 Å². The van der Waals surface area contributed by atoms with Crippen molar-refractivity contribution in [1.82, 2.24) is 25.8 Å². The van der Waals surface area contributed by atoms with Crippen LogP contribution in [0.4, 0.5) is 0 Å². The molecule has 13 N–H and O–H groups in total. The minimum absolute atomic E-state index is 0.0570. The van der Waals surface area contributed by atoms with Gasteiger partial charge in [-0.05, 0) is 44.2 Å². The van der Waals surface area contributed by atoms with Gasteiger partial charge >= 0.3 is 0 Å². The summed E-state index contributed by atoms with van der Waals surface area (Å²) in [5, 5.41) is 8.22. The van der Waals surface area contributed by atoms with E-state index in [0.29, 0.717) is 32.4 Å². The SMILES string of the molecule is CN1C=C(C[C@H](NC(=O)C(N)CCCN=C(N)N)C(=O)N[C@@H](CCCCN)C(=O)N[C@@H](Cc2ccccc2)C(N)=O)N(C)C1S. The molecule has 1 heterocycles. The monoisotopic (exact) mass is 647 g/mol. The van der Waals surface area contributed by atoms with Crippen molar-refractivity contribution in [2.75, 3.05) is 27.2 Å². The maximum Gasteiger partial charge on any atom is 0.243 e. The second-order valence-corrected chi connectivity index (χ2v) is 11.5. The van der Waals surface area contributed by atoms with Gasteiger partial charge < -0.3 is 54.4 Å². The number of thiol groups is 1. The normalized spacial score (nSPS) is 17.0. The van der Waals surface area contributed by atoms with Crippen LogP contribution in [0.2, 0.25) is 0 Å². The Morgan fingerprint density at radius 1 is 0.867 bits per heavy atom. The first-order chi connectivity index (χ1) is 21.3. The molecule has 1 aromatic carbocycles. The molecule has 1 aromatic rings. The van der Waals surface area contributed by atoms with Crippen LogP contribution >= 0.6 is 12.6 Å². The van der Waals surface area contributed by atoms with E-state index in [9.17, 15) is 19.2 Å². The molecule has 1 aliphatic heterocycles. The number of carbonyl (C=O) groups excluding carboxylic acids is 4. The predicted octanol–water partition coefficient (Wildman–Crippen LogP) is -2.00. The highest BCUT2D eigenvalue weighted by atomic mass is 32.1. The van der Waals surface area contributed by atoms with Crippen molar-refractivity contribution in [2.45, 2.75) is 74.6 Å². The molecule has 0 aromatic heterocycles. The Bertz CT molecular complexity index is 1200. The number of hydrogen-bond acceptors (Lipinski definition) is 10. The number of carbonyl (C=O) groups is 4. The van der Waals surface area contributed by atoms with Gasteiger partial charge in [0, 0.05) is 45.4 Å². The fourth-order valence-electron chi connectivity index (χ4n) is 4.74. The van der Waals surface area contributed by atoms with E-state index in [2.05, 4.69) is 33.6 Å². The molecule has 1 aliphatic rings. The van der Waals surface area contributed by atoms with Gasteiger partial charge in [-0.2, -0.15) is 0 Å². The van der Waals surface area contributed by atoms with Crippen molar-refractivity contribution < 1.29 is 19.2 Å². The van der Waals surface area contributed by atoms with Gasteiger partial charge in [-0.15, -0.1) is 12.6 Å². The Balaban J connectivity index is 2.23. The molecule has 45 heavy (non-hydrogen) atoms. The first-order valence-electron chi connectivity index (χ1n) is 14.9. The molecule has 0 bridgehead atoms. The zero-order valence-electron chi connectivity index (χ0n) is 26.0. The summed E-state index contributed by atoms with van der Waals surface area (Å²) in [6, 6.07) is 5.09. The van der Waals surface area contributed by atoms with Crippen LogP contribution in [-0.2, 0) is 25.6 Å². The van der Waals surface area contributed by atoms with Crippen LogP contribution in [0.25, 0.3) is 0 Å². The van der Waals surface area contributed by atoms with E-state index in [1.807, 2.05) is 60.4 Å². The number of rotatable bonds is 19. The van der Waals surface area contributed by atoms with E-state index in [-0.39, 0.29) is 37.1 Å². The predicted molar refractivity (Wildman–Crippen MR) is 177 cm³/mol. The number of unbranched alkanes of at least 4 members (excludes halogenated alkanes) is 1. The molecule has 2 rings (SSSR count). The number of benzene rings is 1. The first-order valence-corrected chi connectivity index (χ1v) is 15.4. The van der Waals surface area contributed by atoms with E-state index in [1.54, 1.807) is 0 Å². The molecule has 16 heteroatoms. The first kappa shape index (κ1) is 37.2. The number of amides is 4. The Morgan fingerprint density at radius 2 is 1.49 bits per heavy atom. The zero-order chi connectivity index (χ0) is 33.5. The van der Waals surface area contributed by atoms with Crippen molar-refractivity contribution in [3.05, 3.63) is 47.8 Å². The number of nitrogens with zero attached hydrogens (tertiary/aromatic N) is 3. The Hall–Kier alpha value is -4.02. The van der Waals surface area contributed by atoms with E-state index in [4.69, 9.17) is 28.7 Å². The van der Waals surface area contributed by atoms with Crippen molar-refractivity contribution >= 4 is 42.2 Å². The molecule has 0 spiro atoms. The highest BCUT2D eigenvalue weighted by Crippen LogP contribution is 2.25. The minimum atomic E-state index is -1.08. The van der Waals surface area contributed by atoms with Gasteiger partial charge in [0.05, 0.1) is 6.04 Å². The average molecular weight is 648 g/mol. The lowest BCUT2D eigenvalue weighted by Gasteiger charge is -2.28. The van der Waals surface area contributed by atoms with E-state index >= 15 is 0 Å². The lowest BCUT2D eigenvalue weighted by atomic mass is 10.0. The molecule has 15 nitrogen and oxygen atoms in total. The largest absolute Gasteiger partial charge is 0.370 e. The van der Waals surface area contributed by atoms with Crippen LogP contribution in [0.15, 0.2) is 47.2 Å². The summed E-state index contributed by atoms with van der Waals surface area (Å²) in [6.07, 6.45) is 4.25. The van der Waals surface area contributed by atoms with Gasteiger partial charge in [0.2, 0.25) is 23.6 Å². The third-order valence-corrected chi connectivity index (χ3v) is 8.10. The minimum Gasteiger partial charge on any atom is -0.370 e. The lowest BCUT2D eigenvalue weighted by Crippen LogP contribution is -2.58. The van der Waals surface area contributed by atoms with Gasteiger partial charge in [-0.1, -0.05) is 30.3 Å². The zero-order valence-corrected chi connectivity index (χ0v) is 26.9. The maximum absolute atomic E-state index is 13.8. The van der Waals surface area contributed by atoms with Crippen LogP contribution in [0.3, 0.4) is 0 Å². The van der Waals surface area contributed by atoms with Crippen molar-refractivity contribution in [2.24, 2.45) is 33.7 Å². The highest BCUT2D eigenvalue weighted by molar-refractivity contribution is 7.80. The van der Waals surface area contributed by atoms with E-state index < -0.39 is 47.8 Å². The fourth-order valence-corrected chi connectivity index (χ4v) is 4.95. The molecular formula is C29H49N11O4S. The summed E-state index contributed by atoms with van der Waals surface area (Å²) in [5.74, 6) is -2.48. The lowest BCUT2D eigenvalue weighted by molar-refractivity contribution is -0.133. The van der Waals surface area contributed by atoms with E-state index in [0.717, 1.165) is 11.3 Å². The summed E-state index contributed by atoms with van der Waals surface area (Å²) in [6.45, 7) is 0.704. The standard InChI is InChI=1S/C29H49N11O4S/c1-39-17-19(40(2)29(39)45)16-23(38-25(42)20(31)11-8-14-35-28(33)34)27(44)36-21(12-6-7-13-30)26(43)37-22(24(32)41)15-18-9-4-3-5-10-18/h3-5,9-10,17,20-23,29,45H,6-8,11-16,30-31H2,1-2H3,(H2,32,41)(H,36,44)(H,37,43)(H,38,42)(H4,33,34,35)/t20?,21-,22-,23-,29?/m0/s1. The topological polar surface area (TPSA) is 253 Å². The van der Waals surface area contributed by atoms with Gasteiger partial charge in [-0.3, -0.25) is 24.2 Å². The molecule has 0 saturated carbocycles. The Kier molecular flexibility index (Phi) is 15.5. The molecule has 0 aliphatic carbocycles. The number of primary amides is 1. The van der Waals surface area contributed by atoms with Crippen LogP contribution in [0, 0.1) is 0 Å². The fraction of sp³-hybridized carbons (Fsp3) is 0.552. The highest BCUT2D eigenvalue weighted by Gasteiger charge is 2.33. The van der Waals surface area contributed by atoms with Gasteiger partial charge in [0.1, 0.15) is 23.6 Å². The van der Waals surface area contributed by atoms with Gasteiger partial charge in [0.15, 0.2) is 5.96 Å². The summed E-state index contributed by atoms with van der Waals surface area (Å²) in [7, 11) is 3.66. The van der Waals surface area contributed by atoms with E-state index in [1.165, 1.54) is 0 Å². The summed E-state index contributed by atoms with van der Waals surface area (Å²) >= 11 is 4.56. The molecule has 250 valence electrons. The second-order valence-electron chi connectivity index (χ2n) is 11.1. The number of nitrogens with one attached hydrogen (secondary N) is 3. The number of aliphatic imine (C=N–C) groups is 1. The van der Waals surface area contributed by atoms with Crippen molar-refractivity contribution in [3.63, 3.8) is 0 Å². The van der Waals surface area contributed by atoms with Crippen LogP contribution in [0.1, 0.15) is 44.1 Å². The number of hydrogen-bond donors (Lipinski definition) is 9. The summed E-state index contributed by atoms with van der Waals surface area (Å²) in [4.78, 5) is 60.2. The molecule has 0 fully saturated rings. The maximum atomic E-state index is 13.8. The van der Waals surface area contributed by atoms with Gasteiger partial charge in [-0.25, -0.2) is 0 Å². The number of nitrogens with two attached hydrogens (primary N) is 5. The van der Waals surface area contributed by atoms with Crippen LogP contribution < -0.4 is 44.6 Å². The third-order valence-electron chi connectivity index (χ3n) is 7.39. The summed E-state index contributed by atoms with van der Waals surface area (Å²) < 4.78 is 0. The molecule has 4 amide bonds. The van der Waals surface area contributed by atoms with Crippen molar-refractivity contribution in [1.29, 1.82) is 0 Å².